The highest BCUT2D eigenvalue weighted by molar-refractivity contribution is 9.09. The van der Waals surface area contributed by atoms with Crippen LogP contribution in [0.2, 0.25) is 0 Å². The monoisotopic (exact) mass is 234 g/mol. The average molecular weight is 235 g/mol. The van der Waals surface area contributed by atoms with E-state index in [-0.39, 0.29) is 5.79 Å². The maximum Gasteiger partial charge on any atom is 0.163 e. The van der Waals surface area contributed by atoms with Gasteiger partial charge in [-0.15, -0.1) is 0 Å². The van der Waals surface area contributed by atoms with Crippen molar-refractivity contribution in [1.82, 2.24) is 0 Å². The van der Waals surface area contributed by atoms with Crippen LogP contribution in [0.3, 0.4) is 0 Å². The minimum Gasteiger partial charge on any atom is -0.345 e. The van der Waals surface area contributed by atoms with Gasteiger partial charge in [-0.3, -0.25) is 0 Å². The summed E-state index contributed by atoms with van der Waals surface area (Å²) in [7, 11) is 0. The summed E-state index contributed by atoms with van der Waals surface area (Å²) in [5.74, 6) is 0.299. The van der Waals surface area contributed by atoms with Crippen LogP contribution in [-0.2, 0) is 9.47 Å². The lowest BCUT2D eigenvalue weighted by atomic mass is 10.1. The minimum absolute atomic E-state index is 0.333. The van der Waals surface area contributed by atoms with Gasteiger partial charge in [0.25, 0.3) is 0 Å². The summed E-state index contributed by atoms with van der Waals surface area (Å²) in [5.41, 5.74) is 0. The van der Waals surface area contributed by atoms with E-state index >= 15 is 0 Å². The topological polar surface area (TPSA) is 18.5 Å². The smallest absolute Gasteiger partial charge is 0.163 e. The molecule has 0 aromatic rings. The van der Waals surface area contributed by atoms with Crippen molar-refractivity contribution in [1.29, 1.82) is 0 Å². The molecule has 0 aromatic heterocycles. The van der Waals surface area contributed by atoms with Crippen molar-refractivity contribution in [3.63, 3.8) is 0 Å². The number of rotatable bonds is 1. The third kappa shape index (κ3) is 1.42. The Morgan fingerprint density at radius 1 is 1.33 bits per heavy atom. The standard InChI is InChI=1S/C9H15BrO2/c1-9(2)11-7-4-3-6(5-10)8(7)12-9/h6-8H,3-5H2,1-2H3/t6-,7+,8-/m0/s1. The molecule has 0 bridgehead atoms. The Morgan fingerprint density at radius 3 is 2.75 bits per heavy atom. The molecule has 1 aliphatic heterocycles. The van der Waals surface area contributed by atoms with Crippen molar-refractivity contribution < 1.29 is 9.47 Å². The van der Waals surface area contributed by atoms with Crippen molar-refractivity contribution >= 4 is 15.9 Å². The predicted octanol–water partition coefficient (Wildman–Crippen LogP) is 2.31. The van der Waals surface area contributed by atoms with Gasteiger partial charge in [0.2, 0.25) is 0 Å². The summed E-state index contributed by atoms with van der Waals surface area (Å²) >= 11 is 3.51. The molecular formula is C9H15BrO2. The third-order valence-corrected chi connectivity index (χ3v) is 3.54. The lowest BCUT2D eigenvalue weighted by molar-refractivity contribution is -0.155. The van der Waals surface area contributed by atoms with Gasteiger partial charge in [0.05, 0.1) is 12.2 Å². The van der Waals surface area contributed by atoms with Gasteiger partial charge in [-0.2, -0.15) is 0 Å². The van der Waals surface area contributed by atoms with Crippen molar-refractivity contribution in [3.8, 4) is 0 Å². The second-order valence-corrected chi connectivity index (χ2v) is 4.78. The SMILES string of the molecule is CC1(C)O[C@H]2[C@H](CBr)CC[C@H]2O1. The molecule has 2 nitrogen and oxygen atoms in total. The van der Waals surface area contributed by atoms with Gasteiger partial charge in [-0.25, -0.2) is 0 Å². The molecular weight excluding hydrogens is 220 g/mol. The zero-order valence-electron chi connectivity index (χ0n) is 7.55. The molecule has 0 amide bonds. The third-order valence-electron chi connectivity index (χ3n) is 2.71. The van der Waals surface area contributed by atoms with Crippen LogP contribution >= 0.6 is 15.9 Å². The van der Waals surface area contributed by atoms with Crippen LogP contribution in [0.5, 0.6) is 0 Å². The number of halogens is 1. The molecule has 3 atom stereocenters. The van der Waals surface area contributed by atoms with E-state index in [9.17, 15) is 0 Å². The molecule has 1 aliphatic carbocycles. The molecule has 0 N–H and O–H groups in total. The first-order valence-electron chi connectivity index (χ1n) is 4.54. The van der Waals surface area contributed by atoms with Crippen LogP contribution in [0.1, 0.15) is 26.7 Å². The zero-order valence-corrected chi connectivity index (χ0v) is 9.13. The van der Waals surface area contributed by atoms with Gasteiger partial charge >= 0.3 is 0 Å². The zero-order chi connectivity index (χ0) is 8.77. The molecule has 1 saturated carbocycles. The Labute approximate surface area is 81.7 Å². The molecule has 0 unspecified atom stereocenters. The molecule has 2 aliphatic rings. The lowest BCUT2D eigenvalue weighted by Crippen LogP contribution is -2.25. The van der Waals surface area contributed by atoms with E-state index in [0.29, 0.717) is 18.1 Å². The predicted molar refractivity (Wildman–Crippen MR) is 50.3 cm³/mol. The summed E-state index contributed by atoms with van der Waals surface area (Å²) in [6.07, 6.45) is 3.07. The molecule has 0 radical (unpaired) electrons. The molecule has 3 heteroatoms. The van der Waals surface area contributed by atoms with Gasteiger partial charge in [-0.1, -0.05) is 15.9 Å². The molecule has 0 aromatic carbocycles. The van der Waals surface area contributed by atoms with E-state index in [2.05, 4.69) is 15.9 Å². The van der Waals surface area contributed by atoms with E-state index in [1.54, 1.807) is 0 Å². The van der Waals surface area contributed by atoms with E-state index in [0.717, 1.165) is 11.8 Å². The minimum atomic E-state index is -0.351. The van der Waals surface area contributed by atoms with E-state index in [1.165, 1.54) is 6.42 Å². The number of ether oxygens (including phenoxy) is 2. The highest BCUT2D eigenvalue weighted by atomic mass is 79.9. The average Bonchev–Trinajstić information content (AvgIpc) is 2.42. The van der Waals surface area contributed by atoms with Gasteiger partial charge < -0.3 is 9.47 Å². The number of hydrogen-bond donors (Lipinski definition) is 0. The Kier molecular flexibility index (Phi) is 2.22. The quantitative estimate of drug-likeness (QED) is 0.649. The second kappa shape index (κ2) is 2.96. The molecule has 1 heterocycles. The van der Waals surface area contributed by atoms with Crippen molar-refractivity contribution in [2.75, 3.05) is 5.33 Å². The van der Waals surface area contributed by atoms with Crippen LogP contribution in [0.25, 0.3) is 0 Å². The summed E-state index contributed by atoms with van der Waals surface area (Å²) in [6, 6.07) is 0. The van der Waals surface area contributed by atoms with Gasteiger partial charge in [0.15, 0.2) is 5.79 Å². The van der Waals surface area contributed by atoms with Crippen LogP contribution in [0.4, 0.5) is 0 Å². The maximum absolute atomic E-state index is 5.82. The Hall–Kier alpha value is 0.400. The first kappa shape index (κ1) is 8.97. The van der Waals surface area contributed by atoms with Crippen LogP contribution in [0, 0.1) is 5.92 Å². The van der Waals surface area contributed by atoms with Crippen LogP contribution < -0.4 is 0 Å². The van der Waals surface area contributed by atoms with Crippen LogP contribution in [0.15, 0.2) is 0 Å². The maximum atomic E-state index is 5.82. The Balaban J connectivity index is 2.06. The summed E-state index contributed by atoms with van der Waals surface area (Å²) < 4.78 is 11.6. The largest absolute Gasteiger partial charge is 0.345 e. The molecule has 0 spiro atoms. The molecule has 12 heavy (non-hydrogen) atoms. The summed E-state index contributed by atoms with van der Waals surface area (Å²) in [4.78, 5) is 0. The fourth-order valence-electron chi connectivity index (χ4n) is 2.19. The first-order chi connectivity index (χ1) is 5.62. The molecule has 2 rings (SSSR count). The Morgan fingerprint density at radius 2 is 2.08 bits per heavy atom. The second-order valence-electron chi connectivity index (χ2n) is 4.13. The number of fused-ring (bicyclic) bond motifs is 1. The van der Waals surface area contributed by atoms with Gasteiger partial charge in [-0.05, 0) is 32.6 Å². The first-order valence-corrected chi connectivity index (χ1v) is 5.66. The van der Waals surface area contributed by atoms with Crippen molar-refractivity contribution in [2.45, 2.75) is 44.7 Å². The Bertz CT molecular complexity index is 181. The lowest BCUT2D eigenvalue weighted by Gasteiger charge is -2.20. The number of alkyl halides is 1. The fraction of sp³-hybridized carbons (Fsp3) is 1.00. The summed E-state index contributed by atoms with van der Waals surface area (Å²) in [5, 5.41) is 1.04. The molecule has 70 valence electrons. The van der Waals surface area contributed by atoms with Crippen LogP contribution in [-0.4, -0.2) is 23.3 Å². The fourth-order valence-corrected chi connectivity index (χ4v) is 2.89. The number of hydrogen-bond acceptors (Lipinski definition) is 2. The normalized spacial score (nSPS) is 44.8. The van der Waals surface area contributed by atoms with Gasteiger partial charge in [0.1, 0.15) is 0 Å². The van der Waals surface area contributed by atoms with E-state index < -0.39 is 0 Å². The highest BCUT2D eigenvalue weighted by Crippen LogP contribution is 2.41. The van der Waals surface area contributed by atoms with Crippen molar-refractivity contribution in [2.24, 2.45) is 5.92 Å². The summed E-state index contributed by atoms with van der Waals surface area (Å²) in [6.45, 7) is 3.99. The van der Waals surface area contributed by atoms with E-state index in [4.69, 9.17) is 9.47 Å². The molecule has 2 fully saturated rings. The van der Waals surface area contributed by atoms with E-state index in [1.807, 2.05) is 13.8 Å². The highest BCUT2D eigenvalue weighted by Gasteiger charge is 2.48. The van der Waals surface area contributed by atoms with Crippen molar-refractivity contribution in [3.05, 3.63) is 0 Å². The molecule has 1 saturated heterocycles. The van der Waals surface area contributed by atoms with Gasteiger partial charge in [0, 0.05) is 5.33 Å².